The zero-order valence-corrected chi connectivity index (χ0v) is 30.1. The van der Waals surface area contributed by atoms with Crippen LogP contribution >= 0.6 is 11.3 Å². The van der Waals surface area contributed by atoms with Gasteiger partial charge in [0, 0.05) is 36.4 Å². The summed E-state index contributed by atoms with van der Waals surface area (Å²) in [5.41, 5.74) is 12.1. The van der Waals surface area contributed by atoms with E-state index in [4.69, 9.17) is 4.42 Å². The quantitative estimate of drug-likeness (QED) is 0.164. The molecular formula is C51H32OS. The Balaban J connectivity index is 1.08. The Kier molecular flexibility index (Phi) is 5.78. The number of hydrogen-bond donors (Lipinski definition) is 0. The van der Waals surface area contributed by atoms with Gasteiger partial charge < -0.3 is 4.42 Å². The highest BCUT2D eigenvalue weighted by molar-refractivity contribution is 7.25. The highest BCUT2D eigenvalue weighted by atomic mass is 32.1. The van der Waals surface area contributed by atoms with Crippen molar-refractivity contribution in [2.24, 2.45) is 0 Å². The summed E-state index contributed by atoms with van der Waals surface area (Å²) < 4.78 is 9.26. The first-order valence-corrected chi connectivity index (χ1v) is 19.2. The number of thiophene rings is 1. The van der Waals surface area contributed by atoms with E-state index in [-0.39, 0.29) is 5.41 Å². The van der Waals surface area contributed by atoms with E-state index in [0.717, 1.165) is 11.2 Å². The molecule has 1 aliphatic rings. The van der Waals surface area contributed by atoms with Crippen LogP contribution in [-0.2, 0) is 5.41 Å². The average Bonchev–Trinajstić information content (AvgIpc) is 3.81. The maximum Gasteiger partial charge on any atom is 0.136 e. The number of hydrogen-bond acceptors (Lipinski definition) is 2. The first kappa shape index (κ1) is 29.4. The van der Waals surface area contributed by atoms with E-state index in [1.165, 1.54) is 108 Å². The van der Waals surface area contributed by atoms with Crippen LogP contribution in [0, 0.1) is 0 Å². The third-order valence-corrected chi connectivity index (χ3v) is 13.2. The Morgan fingerprint density at radius 2 is 0.925 bits per heavy atom. The summed E-state index contributed by atoms with van der Waals surface area (Å²) >= 11 is 1.88. The van der Waals surface area contributed by atoms with Gasteiger partial charge in [0.2, 0.25) is 0 Å². The number of benzene rings is 9. The molecule has 11 aromatic rings. The highest BCUT2D eigenvalue weighted by Gasteiger charge is 2.36. The van der Waals surface area contributed by atoms with Gasteiger partial charge in [-0.15, -0.1) is 11.3 Å². The van der Waals surface area contributed by atoms with E-state index in [1.54, 1.807) is 0 Å². The minimum absolute atomic E-state index is 0.142. The first-order chi connectivity index (χ1) is 26.0. The molecule has 53 heavy (non-hydrogen) atoms. The maximum atomic E-state index is 6.60. The molecule has 0 spiro atoms. The lowest BCUT2D eigenvalue weighted by atomic mass is 9.81. The predicted molar refractivity (Wildman–Crippen MR) is 228 cm³/mol. The van der Waals surface area contributed by atoms with Crippen LogP contribution in [0.1, 0.15) is 25.0 Å². The molecule has 0 aliphatic heterocycles. The minimum Gasteiger partial charge on any atom is -0.456 e. The lowest BCUT2D eigenvalue weighted by Crippen LogP contribution is -2.14. The van der Waals surface area contributed by atoms with Crippen molar-refractivity contribution >= 4 is 85.8 Å². The van der Waals surface area contributed by atoms with Gasteiger partial charge in [-0.3, -0.25) is 0 Å². The lowest BCUT2D eigenvalue weighted by Gasteiger charge is -2.22. The third kappa shape index (κ3) is 4.02. The van der Waals surface area contributed by atoms with Gasteiger partial charge in [0.1, 0.15) is 11.2 Å². The molecule has 0 fully saturated rings. The highest BCUT2D eigenvalue weighted by Crippen LogP contribution is 2.53. The van der Waals surface area contributed by atoms with Crippen molar-refractivity contribution in [2.75, 3.05) is 0 Å². The smallest absolute Gasteiger partial charge is 0.136 e. The Morgan fingerprint density at radius 1 is 0.396 bits per heavy atom. The molecule has 0 saturated carbocycles. The van der Waals surface area contributed by atoms with Crippen molar-refractivity contribution < 1.29 is 4.42 Å². The Hall–Kier alpha value is -6.22. The second kappa shape index (κ2) is 10.4. The van der Waals surface area contributed by atoms with Gasteiger partial charge in [0.05, 0.1) is 0 Å². The van der Waals surface area contributed by atoms with Crippen molar-refractivity contribution in [1.29, 1.82) is 0 Å². The van der Waals surface area contributed by atoms with Crippen LogP contribution in [0.4, 0.5) is 0 Å². The molecule has 0 N–H and O–H groups in total. The van der Waals surface area contributed by atoms with Crippen LogP contribution < -0.4 is 0 Å². The predicted octanol–water partition coefficient (Wildman–Crippen LogP) is 15.1. The monoisotopic (exact) mass is 692 g/mol. The normalized spacial score (nSPS) is 13.6. The van der Waals surface area contributed by atoms with Gasteiger partial charge >= 0.3 is 0 Å². The Morgan fingerprint density at radius 3 is 1.64 bits per heavy atom. The molecule has 2 heterocycles. The molecule has 9 aromatic carbocycles. The fraction of sp³-hybridized carbons (Fsp3) is 0.0588. The van der Waals surface area contributed by atoms with Crippen molar-refractivity contribution in [3.63, 3.8) is 0 Å². The standard InChI is InChI=1S/C51H32OS/c1-51(2)43-22-20-31(24-39(43)40-28-46-42(27-44(40)51)41-23-29-11-3-4-12-30(29)25-45(41)52-46)49-35-14-5-7-16-37(35)50(38-17-8-6-15-36(38)49)32-19-21-34-33-13-9-10-18-47(33)53-48(34)26-32/h3-28H,1-2H3. The number of furan rings is 1. The summed E-state index contributed by atoms with van der Waals surface area (Å²) in [4.78, 5) is 0. The summed E-state index contributed by atoms with van der Waals surface area (Å²) in [6, 6.07) is 58.7. The van der Waals surface area contributed by atoms with Crippen LogP contribution in [0.5, 0.6) is 0 Å². The van der Waals surface area contributed by atoms with Gasteiger partial charge in [-0.1, -0.05) is 129 Å². The fourth-order valence-electron chi connectivity index (χ4n) is 9.49. The zero-order chi connectivity index (χ0) is 35.0. The SMILES string of the molecule is CC1(C)c2ccc(-c3c4ccccc4c(-c4ccc5c(c4)sc4ccccc45)c4ccccc34)cc2-c2cc3oc4cc5ccccc5cc4c3cc21. The van der Waals surface area contributed by atoms with Crippen molar-refractivity contribution in [1.82, 2.24) is 0 Å². The van der Waals surface area contributed by atoms with Crippen molar-refractivity contribution in [3.8, 4) is 33.4 Å². The number of fused-ring (bicyclic) bond motifs is 12. The van der Waals surface area contributed by atoms with Crippen molar-refractivity contribution in [2.45, 2.75) is 19.3 Å². The lowest BCUT2D eigenvalue weighted by molar-refractivity contribution is 0.658. The second-order valence-electron chi connectivity index (χ2n) is 15.2. The minimum atomic E-state index is -0.142. The van der Waals surface area contributed by atoms with E-state index in [1.807, 2.05) is 11.3 Å². The molecule has 2 aromatic heterocycles. The van der Waals surface area contributed by atoms with Gasteiger partial charge in [-0.25, -0.2) is 0 Å². The molecule has 1 aliphatic carbocycles. The summed E-state index contributed by atoms with van der Waals surface area (Å²) in [6.45, 7) is 4.74. The summed E-state index contributed by atoms with van der Waals surface area (Å²) in [5, 5.41) is 12.6. The van der Waals surface area contributed by atoms with Crippen LogP contribution in [-0.4, -0.2) is 0 Å². The first-order valence-electron chi connectivity index (χ1n) is 18.4. The molecule has 0 bridgehead atoms. The van der Waals surface area contributed by atoms with Crippen LogP contribution in [0.15, 0.2) is 162 Å². The third-order valence-electron chi connectivity index (χ3n) is 12.0. The van der Waals surface area contributed by atoms with E-state index in [0.29, 0.717) is 0 Å². The summed E-state index contributed by atoms with van der Waals surface area (Å²) in [6.07, 6.45) is 0. The molecule has 12 rings (SSSR count). The maximum absolute atomic E-state index is 6.60. The fourth-order valence-corrected chi connectivity index (χ4v) is 10.6. The van der Waals surface area contributed by atoms with Crippen LogP contribution in [0.3, 0.4) is 0 Å². The van der Waals surface area contributed by atoms with Gasteiger partial charge in [-0.05, 0) is 119 Å². The Bertz CT molecular complexity index is 3320. The molecule has 0 saturated heterocycles. The topological polar surface area (TPSA) is 13.1 Å². The number of rotatable bonds is 2. The molecule has 1 nitrogen and oxygen atoms in total. The van der Waals surface area contributed by atoms with E-state index >= 15 is 0 Å². The van der Waals surface area contributed by atoms with Gasteiger partial charge in [0.25, 0.3) is 0 Å². The molecule has 0 unspecified atom stereocenters. The molecular weight excluding hydrogens is 661 g/mol. The average molecular weight is 693 g/mol. The zero-order valence-electron chi connectivity index (χ0n) is 29.3. The second-order valence-corrected chi connectivity index (χ2v) is 16.3. The van der Waals surface area contributed by atoms with Crippen LogP contribution in [0.2, 0.25) is 0 Å². The molecule has 248 valence electrons. The summed E-state index contributed by atoms with van der Waals surface area (Å²) in [7, 11) is 0. The molecule has 2 heteroatoms. The molecule has 0 atom stereocenters. The Labute approximate surface area is 310 Å². The summed E-state index contributed by atoms with van der Waals surface area (Å²) in [5.74, 6) is 0. The van der Waals surface area contributed by atoms with E-state index < -0.39 is 0 Å². The van der Waals surface area contributed by atoms with E-state index in [2.05, 4.69) is 172 Å². The molecule has 0 amide bonds. The van der Waals surface area contributed by atoms with Gasteiger partial charge in [0.15, 0.2) is 0 Å². The largest absolute Gasteiger partial charge is 0.456 e. The van der Waals surface area contributed by atoms with Gasteiger partial charge in [-0.2, -0.15) is 0 Å². The molecule has 0 radical (unpaired) electrons. The van der Waals surface area contributed by atoms with E-state index in [9.17, 15) is 0 Å². The van der Waals surface area contributed by atoms with Crippen LogP contribution in [0.25, 0.3) is 108 Å². The van der Waals surface area contributed by atoms with Crippen molar-refractivity contribution in [3.05, 3.63) is 169 Å².